The Bertz CT molecular complexity index is 602. The van der Waals surface area contributed by atoms with Crippen LogP contribution < -0.4 is 0 Å². The van der Waals surface area contributed by atoms with Gasteiger partial charge in [0, 0.05) is 30.7 Å². The highest BCUT2D eigenvalue weighted by molar-refractivity contribution is 5.90. The second kappa shape index (κ2) is 6.09. The summed E-state index contributed by atoms with van der Waals surface area (Å²) >= 11 is 0. The summed E-state index contributed by atoms with van der Waals surface area (Å²) in [6.07, 6.45) is 2.54. The van der Waals surface area contributed by atoms with Crippen LogP contribution in [0.25, 0.3) is 10.9 Å². The number of carbonyl (C=O) groups is 1. The smallest absolute Gasteiger partial charge is 0.226 e. The Morgan fingerprint density at radius 1 is 1.45 bits per heavy atom. The molecule has 20 heavy (non-hydrogen) atoms. The Kier molecular flexibility index (Phi) is 4.45. The highest BCUT2D eigenvalue weighted by Crippen LogP contribution is 2.21. The Hall–Kier alpha value is -1.81. The van der Waals surface area contributed by atoms with Gasteiger partial charge in [-0.05, 0) is 31.4 Å². The van der Waals surface area contributed by atoms with Gasteiger partial charge in [0.2, 0.25) is 5.91 Å². The molecule has 0 saturated carbocycles. The molecule has 1 aromatic heterocycles. The third-order valence-corrected chi connectivity index (χ3v) is 3.66. The largest absolute Gasteiger partial charge is 0.393 e. The van der Waals surface area contributed by atoms with Gasteiger partial charge >= 0.3 is 0 Å². The predicted octanol–water partition coefficient (Wildman–Crippen LogP) is 2.25. The second-order valence-corrected chi connectivity index (χ2v) is 5.44. The first-order valence-corrected chi connectivity index (χ1v) is 6.96. The molecular weight excluding hydrogens is 252 g/mol. The number of likely N-dealkylation sites (N-methyl/N-ethyl adjacent to an activating group) is 1. The first kappa shape index (κ1) is 14.6. The van der Waals surface area contributed by atoms with Gasteiger partial charge in [-0.2, -0.15) is 0 Å². The Morgan fingerprint density at radius 2 is 2.20 bits per heavy atom. The number of fused-ring (bicyclic) bond motifs is 1. The maximum absolute atomic E-state index is 12.2. The average molecular weight is 274 g/mol. The molecule has 2 N–H and O–H groups in total. The normalized spacial score (nSPS) is 12.6. The SMILES string of the molecule is Cc1cccc2c(CC(=O)N(C)CCC(C)O)c[nH]c12. The topological polar surface area (TPSA) is 56.3 Å². The zero-order valence-corrected chi connectivity index (χ0v) is 12.3. The molecule has 0 radical (unpaired) electrons. The molecule has 0 aliphatic carbocycles. The summed E-state index contributed by atoms with van der Waals surface area (Å²) < 4.78 is 0. The minimum atomic E-state index is -0.374. The number of benzene rings is 1. The molecule has 1 heterocycles. The third-order valence-electron chi connectivity index (χ3n) is 3.66. The zero-order valence-electron chi connectivity index (χ0n) is 12.3. The van der Waals surface area contributed by atoms with Gasteiger partial charge in [0.15, 0.2) is 0 Å². The van der Waals surface area contributed by atoms with Crippen molar-refractivity contribution < 1.29 is 9.90 Å². The van der Waals surface area contributed by atoms with Gasteiger partial charge in [-0.25, -0.2) is 0 Å². The molecule has 2 aromatic rings. The summed E-state index contributed by atoms with van der Waals surface area (Å²) in [7, 11) is 1.78. The number of aromatic amines is 1. The molecule has 0 fully saturated rings. The highest BCUT2D eigenvalue weighted by Gasteiger charge is 2.13. The fraction of sp³-hybridized carbons (Fsp3) is 0.438. The van der Waals surface area contributed by atoms with E-state index in [1.54, 1.807) is 18.9 Å². The van der Waals surface area contributed by atoms with E-state index in [4.69, 9.17) is 0 Å². The minimum absolute atomic E-state index is 0.0769. The quantitative estimate of drug-likeness (QED) is 0.878. The van der Waals surface area contributed by atoms with Crippen molar-refractivity contribution in [2.75, 3.05) is 13.6 Å². The van der Waals surface area contributed by atoms with Crippen LogP contribution in [0.3, 0.4) is 0 Å². The zero-order chi connectivity index (χ0) is 14.7. The first-order chi connectivity index (χ1) is 9.49. The fourth-order valence-electron chi connectivity index (χ4n) is 2.31. The molecule has 2 rings (SSSR count). The van der Waals surface area contributed by atoms with Gasteiger partial charge in [0.1, 0.15) is 0 Å². The standard InChI is InChI=1S/C16H22N2O2/c1-11-5-4-6-14-13(10-17-16(11)14)9-15(20)18(3)8-7-12(2)19/h4-6,10,12,17,19H,7-9H2,1-3H3. The molecule has 1 atom stereocenters. The van der Waals surface area contributed by atoms with Crippen molar-refractivity contribution in [3.63, 3.8) is 0 Å². The van der Waals surface area contributed by atoms with Gasteiger partial charge in [-0.1, -0.05) is 18.2 Å². The Morgan fingerprint density at radius 3 is 2.90 bits per heavy atom. The van der Waals surface area contributed by atoms with Crippen LogP contribution >= 0.6 is 0 Å². The van der Waals surface area contributed by atoms with E-state index in [2.05, 4.69) is 18.0 Å². The molecule has 4 nitrogen and oxygen atoms in total. The van der Waals surface area contributed by atoms with Gasteiger partial charge < -0.3 is 15.0 Å². The van der Waals surface area contributed by atoms with Crippen molar-refractivity contribution in [3.8, 4) is 0 Å². The van der Waals surface area contributed by atoms with Crippen molar-refractivity contribution in [1.29, 1.82) is 0 Å². The van der Waals surface area contributed by atoms with Crippen LogP contribution in [0.2, 0.25) is 0 Å². The number of aryl methyl sites for hydroxylation is 1. The van der Waals surface area contributed by atoms with Gasteiger partial charge in [-0.3, -0.25) is 4.79 Å². The van der Waals surface area contributed by atoms with E-state index >= 15 is 0 Å². The van der Waals surface area contributed by atoms with E-state index in [1.165, 1.54) is 5.56 Å². The molecule has 1 unspecified atom stereocenters. The van der Waals surface area contributed by atoms with Crippen molar-refractivity contribution in [3.05, 3.63) is 35.5 Å². The van der Waals surface area contributed by atoms with E-state index in [0.717, 1.165) is 16.5 Å². The average Bonchev–Trinajstić information content (AvgIpc) is 2.80. The van der Waals surface area contributed by atoms with Crippen molar-refractivity contribution in [2.24, 2.45) is 0 Å². The molecule has 1 aromatic carbocycles. The number of para-hydroxylation sites is 1. The lowest BCUT2D eigenvalue weighted by atomic mass is 10.1. The van der Waals surface area contributed by atoms with Crippen LogP contribution in [0.1, 0.15) is 24.5 Å². The van der Waals surface area contributed by atoms with E-state index in [-0.39, 0.29) is 12.0 Å². The summed E-state index contributed by atoms with van der Waals surface area (Å²) in [5.41, 5.74) is 3.31. The van der Waals surface area contributed by atoms with Gasteiger partial charge in [-0.15, -0.1) is 0 Å². The maximum atomic E-state index is 12.2. The summed E-state index contributed by atoms with van der Waals surface area (Å²) in [5, 5.41) is 10.4. The third kappa shape index (κ3) is 3.20. The minimum Gasteiger partial charge on any atom is -0.393 e. The fourth-order valence-corrected chi connectivity index (χ4v) is 2.31. The molecule has 0 aliphatic heterocycles. The molecule has 4 heteroatoms. The maximum Gasteiger partial charge on any atom is 0.226 e. The van der Waals surface area contributed by atoms with Crippen LogP contribution in [0.4, 0.5) is 0 Å². The molecule has 0 saturated heterocycles. The lowest BCUT2D eigenvalue weighted by Gasteiger charge is -2.17. The number of nitrogens with zero attached hydrogens (tertiary/aromatic N) is 1. The number of hydrogen-bond acceptors (Lipinski definition) is 2. The number of amides is 1. The number of H-pyrrole nitrogens is 1. The van der Waals surface area contributed by atoms with Gasteiger partial charge in [0.05, 0.1) is 12.5 Å². The van der Waals surface area contributed by atoms with E-state index in [9.17, 15) is 9.90 Å². The number of aromatic nitrogens is 1. The monoisotopic (exact) mass is 274 g/mol. The first-order valence-electron chi connectivity index (χ1n) is 6.96. The lowest BCUT2D eigenvalue weighted by Crippen LogP contribution is -2.30. The molecule has 1 amide bonds. The molecule has 0 bridgehead atoms. The number of aliphatic hydroxyl groups excluding tert-OH is 1. The summed E-state index contributed by atoms with van der Waals surface area (Å²) in [6, 6.07) is 6.10. The summed E-state index contributed by atoms with van der Waals surface area (Å²) in [6.45, 7) is 4.37. The Balaban J connectivity index is 2.08. The van der Waals surface area contributed by atoms with Crippen LogP contribution in [-0.4, -0.2) is 40.6 Å². The van der Waals surface area contributed by atoms with Crippen LogP contribution in [0, 0.1) is 6.92 Å². The van der Waals surface area contributed by atoms with E-state index in [1.807, 2.05) is 18.3 Å². The summed E-state index contributed by atoms with van der Waals surface area (Å²) in [5.74, 6) is 0.0769. The number of aliphatic hydroxyl groups is 1. The molecule has 0 aliphatic rings. The van der Waals surface area contributed by atoms with Crippen molar-refractivity contribution in [1.82, 2.24) is 9.88 Å². The van der Waals surface area contributed by atoms with E-state index < -0.39 is 0 Å². The van der Waals surface area contributed by atoms with E-state index in [0.29, 0.717) is 19.4 Å². The highest BCUT2D eigenvalue weighted by atomic mass is 16.3. The number of carbonyl (C=O) groups excluding carboxylic acids is 1. The molecular formula is C16H22N2O2. The van der Waals surface area contributed by atoms with Crippen LogP contribution in [0.5, 0.6) is 0 Å². The Labute approximate surface area is 119 Å². The second-order valence-electron chi connectivity index (χ2n) is 5.44. The number of hydrogen-bond donors (Lipinski definition) is 2. The van der Waals surface area contributed by atoms with Crippen LogP contribution in [0.15, 0.2) is 24.4 Å². The predicted molar refractivity (Wildman–Crippen MR) is 80.7 cm³/mol. The molecule has 108 valence electrons. The molecule has 0 spiro atoms. The van der Waals surface area contributed by atoms with Gasteiger partial charge in [0.25, 0.3) is 0 Å². The summed E-state index contributed by atoms with van der Waals surface area (Å²) in [4.78, 5) is 17.1. The number of rotatable bonds is 5. The lowest BCUT2D eigenvalue weighted by molar-refractivity contribution is -0.129. The number of nitrogens with one attached hydrogen (secondary N) is 1. The van der Waals surface area contributed by atoms with Crippen molar-refractivity contribution >= 4 is 16.8 Å². The van der Waals surface area contributed by atoms with Crippen LogP contribution in [-0.2, 0) is 11.2 Å². The van der Waals surface area contributed by atoms with Crippen molar-refractivity contribution in [2.45, 2.75) is 32.8 Å².